The molecule has 0 aliphatic heterocycles. The monoisotopic (exact) mass is 244 g/mol. The molecule has 0 fully saturated rings. The van der Waals surface area contributed by atoms with E-state index >= 15 is 0 Å². The summed E-state index contributed by atoms with van der Waals surface area (Å²) in [5.41, 5.74) is 7.85. The quantitative estimate of drug-likeness (QED) is 0.817. The Kier molecular flexibility index (Phi) is 3.99. The summed E-state index contributed by atoms with van der Waals surface area (Å²) in [6.07, 6.45) is 3.86. The summed E-state index contributed by atoms with van der Waals surface area (Å²) in [5, 5.41) is 0. The number of aryl methyl sites for hydroxylation is 1. The Hall–Kier alpha value is -1.81. The van der Waals surface area contributed by atoms with Crippen molar-refractivity contribution in [2.24, 2.45) is 0 Å². The molecule has 4 heteroatoms. The summed E-state index contributed by atoms with van der Waals surface area (Å²) in [6, 6.07) is 8.05. The van der Waals surface area contributed by atoms with E-state index in [1.54, 1.807) is 0 Å². The normalized spacial score (nSPS) is 11.1. The van der Waals surface area contributed by atoms with Gasteiger partial charge in [0, 0.05) is 37.7 Å². The van der Waals surface area contributed by atoms with E-state index in [-0.39, 0.29) is 0 Å². The first kappa shape index (κ1) is 12.6. The maximum atomic E-state index is 5.77. The topological polar surface area (TPSA) is 47.1 Å². The van der Waals surface area contributed by atoms with Crippen LogP contribution >= 0.6 is 0 Å². The summed E-state index contributed by atoms with van der Waals surface area (Å²) in [4.78, 5) is 6.50. The van der Waals surface area contributed by atoms with Crippen molar-refractivity contribution in [3.05, 3.63) is 48.0 Å². The van der Waals surface area contributed by atoms with Gasteiger partial charge in [0.05, 0.1) is 0 Å². The van der Waals surface area contributed by atoms with Crippen LogP contribution in [0.1, 0.15) is 11.4 Å². The average molecular weight is 244 g/mol. The fourth-order valence-corrected chi connectivity index (χ4v) is 2.00. The molecule has 2 N–H and O–H groups in total. The maximum Gasteiger partial charge on any atom is 0.105 e. The maximum absolute atomic E-state index is 5.77. The minimum absolute atomic E-state index is 0.825. The van der Waals surface area contributed by atoms with E-state index in [2.05, 4.69) is 27.6 Å². The number of rotatable bonds is 5. The van der Waals surface area contributed by atoms with E-state index in [0.717, 1.165) is 31.1 Å². The molecule has 4 nitrogen and oxygen atoms in total. The molecule has 0 atom stereocenters. The minimum Gasteiger partial charge on any atom is -0.399 e. The van der Waals surface area contributed by atoms with Crippen LogP contribution in [0.25, 0.3) is 0 Å². The highest BCUT2D eigenvalue weighted by molar-refractivity contribution is 5.40. The number of nitrogens with zero attached hydrogens (tertiary/aromatic N) is 3. The van der Waals surface area contributed by atoms with Crippen LogP contribution in [0, 0.1) is 6.92 Å². The number of anilines is 1. The van der Waals surface area contributed by atoms with E-state index in [1.165, 1.54) is 5.56 Å². The second-order valence-electron chi connectivity index (χ2n) is 4.65. The number of benzene rings is 1. The standard InChI is InChI=1S/C14H20N4/c1-12-16-6-7-18(12)9-8-17(2)11-13-4-3-5-14(15)10-13/h3-7,10H,8-9,11,15H2,1-2H3. The van der Waals surface area contributed by atoms with Crippen molar-refractivity contribution < 1.29 is 0 Å². The van der Waals surface area contributed by atoms with Gasteiger partial charge < -0.3 is 15.2 Å². The first-order chi connectivity index (χ1) is 8.65. The molecule has 0 saturated heterocycles. The summed E-state index contributed by atoms with van der Waals surface area (Å²) < 4.78 is 2.16. The summed E-state index contributed by atoms with van der Waals surface area (Å²) in [7, 11) is 2.12. The zero-order chi connectivity index (χ0) is 13.0. The lowest BCUT2D eigenvalue weighted by molar-refractivity contribution is 0.310. The third-order valence-electron chi connectivity index (χ3n) is 3.05. The van der Waals surface area contributed by atoms with Crippen LogP contribution in [0.3, 0.4) is 0 Å². The van der Waals surface area contributed by atoms with Crippen molar-refractivity contribution in [1.29, 1.82) is 0 Å². The fraction of sp³-hybridized carbons (Fsp3) is 0.357. The second-order valence-corrected chi connectivity index (χ2v) is 4.65. The number of aromatic nitrogens is 2. The van der Waals surface area contributed by atoms with E-state index in [0.29, 0.717) is 0 Å². The molecule has 0 aliphatic carbocycles. The van der Waals surface area contributed by atoms with Crippen LogP contribution in [-0.4, -0.2) is 28.0 Å². The van der Waals surface area contributed by atoms with E-state index in [4.69, 9.17) is 5.73 Å². The Balaban J connectivity index is 1.86. The molecule has 2 rings (SSSR count). The van der Waals surface area contributed by atoms with Crippen molar-refractivity contribution in [2.45, 2.75) is 20.0 Å². The molecule has 2 aromatic rings. The molecule has 0 unspecified atom stereocenters. The Morgan fingerprint density at radius 1 is 1.39 bits per heavy atom. The molecule has 1 aromatic heterocycles. The fourth-order valence-electron chi connectivity index (χ4n) is 2.00. The number of imidazole rings is 1. The van der Waals surface area contributed by atoms with Crippen LogP contribution < -0.4 is 5.73 Å². The average Bonchev–Trinajstić information content (AvgIpc) is 2.72. The lowest BCUT2D eigenvalue weighted by atomic mass is 10.2. The third-order valence-corrected chi connectivity index (χ3v) is 3.05. The van der Waals surface area contributed by atoms with Crippen molar-refractivity contribution >= 4 is 5.69 Å². The van der Waals surface area contributed by atoms with Crippen LogP contribution in [0.15, 0.2) is 36.7 Å². The van der Waals surface area contributed by atoms with Gasteiger partial charge in [-0.05, 0) is 31.7 Å². The Labute approximate surface area is 108 Å². The van der Waals surface area contributed by atoms with E-state index in [1.807, 2.05) is 37.5 Å². The molecule has 1 aromatic carbocycles. The van der Waals surface area contributed by atoms with Crippen molar-refractivity contribution in [1.82, 2.24) is 14.5 Å². The van der Waals surface area contributed by atoms with Gasteiger partial charge in [-0.15, -0.1) is 0 Å². The lowest BCUT2D eigenvalue weighted by Gasteiger charge is -2.17. The molecule has 0 spiro atoms. The van der Waals surface area contributed by atoms with Crippen LogP contribution in [0.5, 0.6) is 0 Å². The number of nitrogen functional groups attached to an aromatic ring is 1. The van der Waals surface area contributed by atoms with Gasteiger partial charge in [0.25, 0.3) is 0 Å². The largest absolute Gasteiger partial charge is 0.399 e. The molecule has 0 amide bonds. The molecular formula is C14H20N4. The lowest BCUT2D eigenvalue weighted by Crippen LogP contribution is -2.23. The van der Waals surface area contributed by atoms with E-state index in [9.17, 15) is 0 Å². The number of hydrogen-bond donors (Lipinski definition) is 1. The number of hydrogen-bond acceptors (Lipinski definition) is 3. The van der Waals surface area contributed by atoms with Crippen molar-refractivity contribution in [2.75, 3.05) is 19.3 Å². The van der Waals surface area contributed by atoms with Gasteiger partial charge in [0.2, 0.25) is 0 Å². The summed E-state index contributed by atoms with van der Waals surface area (Å²) in [5.74, 6) is 1.06. The molecule has 1 heterocycles. The Morgan fingerprint density at radius 3 is 2.89 bits per heavy atom. The van der Waals surface area contributed by atoms with Gasteiger partial charge in [-0.25, -0.2) is 4.98 Å². The Morgan fingerprint density at radius 2 is 2.22 bits per heavy atom. The molecular weight excluding hydrogens is 224 g/mol. The highest BCUT2D eigenvalue weighted by Gasteiger charge is 2.02. The van der Waals surface area contributed by atoms with Crippen LogP contribution in [-0.2, 0) is 13.1 Å². The van der Waals surface area contributed by atoms with Gasteiger partial charge in [-0.1, -0.05) is 12.1 Å². The first-order valence-corrected chi connectivity index (χ1v) is 6.16. The molecule has 0 saturated carbocycles. The molecule has 0 radical (unpaired) electrons. The van der Waals surface area contributed by atoms with Crippen LogP contribution in [0.4, 0.5) is 5.69 Å². The van der Waals surface area contributed by atoms with Crippen molar-refractivity contribution in [3.8, 4) is 0 Å². The van der Waals surface area contributed by atoms with Crippen LogP contribution in [0.2, 0.25) is 0 Å². The van der Waals surface area contributed by atoms with Crippen molar-refractivity contribution in [3.63, 3.8) is 0 Å². The minimum atomic E-state index is 0.825. The SMILES string of the molecule is Cc1nccn1CCN(C)Cc1cccc(N)c1. The zero-order valence-electron chi connectivity index (χ0n) is 11.0. The highest BCUT2D eigenvalue weighted by atomic mass is 15.1. The van der Waals surface area contributed by atoms with Gasteiger partial charge >= 0.3 is 0 Å². The molecule has 96 valence electrons. The van der Waals surface area contributed by atoms with E-state index < -0.39 is 0 Å². The highest BCUT2D eigenvalue weighted by Crippen LogP contribution is 2.08. The molecule has 18 heavy (non-hydrogen) atoms. The summed E-state index contributed by atoms with van der Waals surface area (Å²) in [6.45, 7) is 4.90. The molecule has 0 bridgehead atoms. The number of likely N-dealkylation sites (N-methyl/N-ethyl adjacent to an activating group) is 1. The third kappa shape index (κ3) is 3.34. The number of nitrogens with two attached hydrogens (primary N) is 1. The van der Waals surface area contributed by atoms with Gasteiger partial charge in [0.1, 0.15) is 5.82 Å². The second kappa shape index (κ2) is 5.69. The van der Waals surface area contributed by atoms with Gasteiger partial charge in [-0.3, -0.25) is 0 Å². The van der Waals surface area contributed by atoms with Gasteiger partial charge in [-0.2, -0.15) is 0 Å². The smallest absolute Gasteiger partial charge is 0.105 e. The summed E-state index contributed by atoms with van der Waals surface area (Å²) >= 11 is 0. The zero-order valence-corrected chi connectivity index (χ0v) is 11.0. The van der Waals surface area contributed by atoms with Gasteiger partial charge in [0.15, 0.2) is 0 Å². The predicted molar refractivity (Wildman–Crippen MR) is 74.2 cm³/mol. The molecule has 0 aliphatic rings. The predicted octanol–water partition coefficient (Wildman–Crippen LogP) is 1.91. The first-order valence-electron chi connectivity index (χ1n) is 6.16. The Bertz CT molecular complexity index is 504.